The smallest absolute Gasteiger partial charge is 0.355 e. The first-order valence-electron chi connectivity index (χ1n) is 11.1. The number of nitro groups is 1. The van der Waals surface area contributed by atoms with E-state index in [9.17, 15) is 19.7 Å². The average molecular weight is 473 g/mol. The first-order chi connectivity index (χ1) is 16.5. The molecule has 2 aromatic carbocycles. The minimum absolute atomic E-state index is 0.0647. The number of nitro benzene ring substituents is 1. The molecule has 0 spiro atoms. The van der Waals surface area contributed by atoms with E-state index < -0.39 is 16.5 Å². The predicted octanol–water partition coefficient (Wildman–Crippen LogP) is 5.05. The molecule has 9 heteroatoms. The van der Waals surface area contributed by atoms with E-state index in [0.29, 0.717) is 22.1 Å². The van der Waals surface area contributed by atoms with Crippen molar-refractivity contribution in [2.24, 2.45) is 7.05 Å². The van der Waals surface area contributed by atoms with E-state index in [2.05, 4.69) is 4.98 Å². The fourth-order valence-electron chi connectivity index (χ4n) is 4.53. The Hall–Kier alpha value is -4.40. The Balaban J connectivity index is 1.88. The Kier molecular flexibility index (Phi) is 5.01. The number of hydrogen-bond donors (Lipinski definition) is 1. The van der Waals surface area contributed by atoms with Crippen molar-refractivity contribution >= 4 is 33.9 Å². The molecule has 178 valence electrons. The van der Waals surface area contributed by atoms with Crippen LogP contribution in [-0.2, 0) is 18.3 Å². The molecule has 0 unspecified atom stereocenters. The predicted molar refractivity (Wildman–Crippen MR) is 133 cm³/mol. The molecule has 1 N–H and O–H groups in total. The monoisotopic (exact) mass is 472 g/mol. The van der Waals surface area contributed by atoms with E-state index in [1.54, 1.807) is 40.1 Å². The minimum Gasteiger partial charge on any atom is -0.455 e. The highest BCUT2D eigenvalue weighted by molar-refractivity contribution is 6.07. The molecule has 0 atom stereocenters. The van der Waals surface area contributed by atoms with Gasteiger partial charge in [-0.1, -0.05) is 18.2 Å². The summed E-state index contributed by atoms with van der Waals surface area (Å²) >= 11 is 0. The summed E-state index contributed by atoms with van der Waals surface area (Å²) in [6, 6.07) is 14.2. The van der Waals surface area contributed by atoms with Crippen molar-refractivity contribution in [2.75, 3.05) is 4.90 Å². The van der Waals surface area contributed by atoms with Gasteiger partial charge in [0.2, 0.25) is 0 Å². The van der Waals surface area contributed by atoms with Gasteiger partial charge in [-0.15, -0.1) is 0 Å². The number of anilines is 2. The molecule has 1 aliphatic rings. The number of pyridine rings is 1. The van der Waals surface area contributed by atoms with Crippen molar-refractivity contribution in [3.05, 3.63) is 86.5 Å². The van der Waals surface area contributed by atoms with Crippen molar-refractivity contribution in [3.63, 3.8) is 0 Å². The number of benzene rings is 2. The summed E-state index contributed by atoms with van der Waals surface area (Å²) in [5.41, 5.74) is 2.74. The number of rotatable bonds is 3. The Morgan fingerprint density at radius 1 is 1.11 bits per heavy atom. The van der Waals surface area contributed by atoms with E-state index in [-0.39, 0.29) is 29.0 Å². The number of aryl methyl sites for hydroxylation is 1. The van der Waals surface area contributed by atoms with Crippen LogP contribution >= 0.6 is 0 Å². The van der Waals surface area contributed by atoms with Crippen molar-refractivity contribution in [1.29, 1.82) is 0 Å². The Labute approximate surface area is 200 Å². The van der Waals surface area contributed by atoms with Crippen LogP contribution in [0.3, 0.4) is 0 Å². The van der Waals surface area contributed by atoms with Gasteiger partial charge in [0, 0.05) is 58.8 Å². The molecule has 4 aromatic rings. The standard InChI is InChI=1S/C26H24N4O5/c1-26(2,3)35-25(32)22-19-14-29(15-8-6-5-7-9-15)20-11-10-16(30(33)34)12-17(20)18-13-28(4)24(31)23(27-22)21(18)19/h5-13,27H,14H2,1-4H3. The van der Waals surface area contributed by atoms with Crippen LogP contribution in [0.1, 0.15) is 36.8 Å². The van der Waals surface area contributed by atoms with Crippen molar-refractivity contribution in [2.45, 2.75) is 32.9 Å². The second kappa shape index (κ2) is 7.83. The summed E-state index contributed by atoms with van der Waals surface area (Å²) in [4.78, 5) is 42.5. The molecule has 9 nitrogen and oxygen atoms in total. The number of nitrogens with one attached hydrogen (secondary N) is 1. The second-order valence-corrected chi connectivity index (χ2v) is 9.57. The zero-order chi connectivity index (χ0) is 25.1. The normalized spacial score (nSPS) is 12.9. The fraction of sp³-hybridized carbons (Fsp3) is 0.231. The number of aromatic nitrogens is 2. The van der Waals surface area contributed by atoms with Crippen LogP contribution in [0.2, 0.25) is 0 Å². The molecule has 0 bridgehead atoms. The highest BCUT2D eigenvalue weighted by Crippen LogP contribution is 2.45. The number of para-hydroxylation sites is 1. The zero-order valence-corrected chi connectivity index (χ0v) is 19.8. The minimum atomic E-state index is -0.734. The van der Waals surface area contributed by atoms with Gasteiger partial charge in [-0.2, -0.15) is 0 Å². The van der Waals surface area contributed by atoms with Gasteiger partial charge >= 0.3 is 5.97 Å². The van der Waals surface area contributed by atoms with Crippen molar-refractivity contribution < 1.29 is 14.5 Å². The van der Waals surface area contributed by atoms with E-state index in [1.807, 2.05) is 35.2 Å². The van der Waals surface area contributed by atoms with Gasteiger partial charge in [0.1, 0.15) is 16.8 Å². The molecule has 0 fully saturated rings. The fourth-order valence-corrected chi connectivity index (χ4v) is 4.53. The quantitative estimate of drug-likeness (QED) is 0.254. The van der Waals surface area contributed by atoms with Crippen LogP contribution in [0.15, 0.2) is 59.5 Å². The summed E-state index contributed by atoms with van der Waals surface area (Å²) in [6.45, 7) is 5.59. The molecule has 2 aromatic heterocycles. The number of nitrogens with zero attached hydrogens (tertiary/aromatic N) is 3. The number of ether oxygens (including phenoxy) is 1. The topological polar surface area (TPSA) is 110 Å². The van der Waals surface area contributed by atoms with E-state index in [1.165, 1.54) is 16.7 Å². The molecule has 0 radical (unpaired) electrons. The zero-order valence-electron chi connectivity index (χ0n) is 19.8. The number of carbonyl (C=O) groups is 1. The number of H-pyrrole nitrogens is 1. The lowest BCUT2D eigenvalue weighted by Crippen LogP contribution is -2.25. The largest absolute Gasteiger partial charge is 0.455 e. The lowest BCUT2D eigenvalue weighted by atomic mass is 10.00. The van der Waals surface area contributed by atoms with E-state index in [4.69, 9.17) is 4.74 Å². The third-order valence-electron chi connectivity index (χ3n) is 5.99. The Bertz CT molecular complexity index is 1560. The Morgan fingerprint density at radius 3 is 2.49 bits per heavy atom. The maximum absolute atomic E-state index is 13.2. The van der Waals surface area contributed by atoms with Crippen LogP contribution < -0.4 is 10.5 Å². The average Bonchev–Trinajstić information content (AvgIpc) is 3.12. The number of carbonyl (C=O) groups excluding carboxylic acids is 1. The highest BCUT2D eigenvalue weighted by Gasteiger charge is 2.32. The highest BCUT2D eigenvalue weighted by atomic mass is 16.6. The SMILES string of the molecule is Cn1cc2c3c(c(C(=O)OC(C)(C)C)[nH]c3c1=O)CN(c1ccccc1)c1ccc([N+](=O)[O-])cc1-2. The summed E-state index contributed by atoms with van der Waals surface area (Å²) in [5.74, 6) is -0.568. The van der Waals surface area contributed by atoms with Gasteiger partial charge in [-0.25, -0.2) is 4.79 Å². The van der Waals surface area contributed by atoms with Gasteiger partial charge < -0.3 is 19.2 Å². The summed E-state index contributed by atoms with van der Waals surface area (Å²) in [7, 11) is 1.61. The third kappa shape index (κ3) is 3.74. The molecule has 1 aliphatic heterocycles. The third-order valence-corrected chi connectivity index (χ3v) is 5.99. The first-order valence-corrected chi connectivity index (χ1v) is 11.1. The van der Waals surface area contributed by atoms with Crippen LogP contribution in [0.25, 0.3) is 22.0 Å². The lowest BCUT2D eigenvalue weighted by molar-refractivity contribution is -0.384. The van der Waals surface area contributed by atoms with Gasteiger partial charge in [0.25, 0.3) is 11.2 Å². The molecule has 0 amide bonds. The molecule has 0 saturated heterocycles. The second-order valence-electron chi connectivity index (χ2n) is 9.57. The maximum Gasteiger partial charge on any atom is 0.355 e. The number of non-ortho nitro benzene ring substituents is 1. The van der Waals surface area contributed by atoms with E-state index in [0.717, 1.165) is 11.4 Å². The van der Waals surface area contributed by atoms with Crippen LogP contribution in [0, 0.1) is 10.1 Å². The summed E-state index contributed by atoms with van der Waals surface area (Å²) in [6.07, 6.45) is 1.66. The van der Waals surface area contributed by atoms with Crippen LogP contribution in [0.5, 0.6) is 0 Å². The molecular weight excluding hydrogens is 448 g/mol. The number of esters is 1. The summed E-state index contributed by atoms with van der Waals surface area (Å²) in [5, 5.41) is 12.2. The number of fused-ring (bicyclic) bond motifs is 2. The Morgan fingerprint density at radius 2 is 1.83 bits per heavy atom. The van der Waals surface area contributed by atoms with Crippen LogP contribution in [-0.4, -0.2) is 26.0 Å². The number of aromatic amines is 1. The maximum atomic E-state index is 13.2. The van der Waals surface area contributed by atoms with Crippen molar-refractivity contribution in [3.8, 4) is 11.1 Å². The molecule has 35 heavy (non-hydrogen) atoms. The van der Waals surface area contributed by atoms with Gasteiger partial charge in [0.05, 0.1) is 11.5 Å². The van der Waals surface area contributed by atoms with Crippen molar-refractivity contribution in [1.82, 2.24) is 9.55 Å². The molecular formula is C26H24N4O5. The van der Waals surface area contributed by atoms with Gasteiger partial charge in [-0.05, 0) is 39.0 Å². The number of hydrogen-bond acceptors (Lipinski definition) is 6. The van der Waals surface area contributed by atoms with Crippen LogP contribution in [0.4, 0.5) is 17.1 Å². The summed E-state index contributed by atoms with van der Waals surface area (Å²) < 4.78 is 7.07. The first kappa shape index (κ1) is 22.4. The lowest BCUT2D eigenvalue weighted by Gasteiger charge is -2.26. The molecule has 3 heterocycles. The molecule has 0 saturated carbocycles. The molecule has 0 aliphatic carbocycles. The van der Waals surface area contributed by atoms with E-state index >= 15 is 0 Å². The van der Waals surface area contributed by atoms with Gasteiger partial charge in [-0.3, -0.25) is 14.9 Å². The van der Waals surface area contributed by atoms with Gasteiger partial charge in [0.15, 0.2) is 0 Å². The molecule has 5 rings (SSSR count).